The third-order valence-electron chi connectivity index (χ3n) is 7.20. The molecule has 3 aliphatic rings. The molecule has 3 heterocycles. The molecule has 2 N–H and O–H groups in total. The fourth-order valence-electron chi connectivity index (χ4n) is 5.62. The van der Waals surface area contributed by atoms with Crippen molar-refractivity contribution in [1.82, 2.24) is 14.9 Å². The quantitative estimate of drug-likeness (QED) is 0.659. The molecular formula is C22H28N4O2S. The van der Waals surface area contributed by atoms with Crippen molar-refractivity contribution in [3.05, 3.63) is 36.2 Å². The molecule has 1 saturated heterocycles. The summed E-state index contributed by atoms with van der Waals surface area (Å²) in [6, 6.07) is 6.59. The van der Waals surface area contributed by atoms with Crippen molar-refractivity contribution in [2.75, 3.05) is 18.4 Å². The number of aliphatic carboxylic acids is 1. The number of hydrogen-bond acceptors (Lipinski definition) is 6. The highest BCUT2D eigenvalue weighted by Crippen LogP contribution is 2.51. The van der Waals surface area contributed by atoms with Gasteiger partial charge in [0.1, 0.15) is 5.03 Å². The van der Waals surface area contributed by atoms with Crippen LogP contribution in [-0.4, -0.2) is 39.0 Å². The first kappa shape index (κ1) is 18.9. The standard InChI is InChI=1S/C22H26N4O2S.H2/c1-12-13(2)17-11-26(10-16(12)15(17)8-20(27)28)9-14-3-4-19-18(7-14)25-21-22(29-19)24-6-5-23-21;/h3-7,12-13,15-17H,8-11H2,1-2H3,(H,23,25)(H,27,28);1H. The third kappa shape index (κ3) is 3.40. The van der Waals surface area contributed by atoms with Gasteiger partial charge in [-0.25, -0.2) is 9.97 Å². The Bertz CT molecular complexity index is 940. The van der Waals surface area contributed by atoms with Gasteiger partial charge in [0.2, 0.25) is 0 Å². The predicted molar refractivity (Wildman–Crippen MR) is 114 cm³/mol. The first-order chi connectivity index (χ1) is 14.0. The van der Waals surface area contributed by atoms with E-state index in [0.717, 1.165) is 36.2 Å². The highest BCUT2D eigenvalue weighted by atomic mass is 32.2. The second kappa shape index (κ2) is 7.29. The van der Waals surface area contributed by atoms with Crippen LogP contribution in [0.15, 0.2) is 40.5 Å². The summed E-state index contributed by atoms with van der Waals surface area (Å²) < 4.78 is 0. The lowest BCUT2D eigenvalue weighted by atomic mass is 9.80. The summed E-state index contributed by atoms with van der Waals surface area (Å²) in [5, 5.41) is 13.7. The topological polar surface area (TPSA) is 78.3 Å². The van der Waals surface area contributed by atoms with Crippen LogP contribution in [0, 0.1) is 29.6 Å². The van der Waals surface area contributed by atoms with Gasteiger partial charge in [0.15, 0.2) is 5.82 Å². The van der Waals surface area contributed by atoms with E-state index in [1.165, 1.54) is 10.5 Å². The number of likely N-dealkylation sites (tertiary alicyclic amines) is 1. The molecule has 154 valence electrons. The van der Waals surface area contributed by atoms with Gasteiger partial charge in [-0.2, -0.15) is 0 Å². The zero-order valence-corrected chi connectivity index (χ0v) is 17.5. The van der Waals surface area contributed by atoms with E-state index < -0.39 is 5.97 Å². The lowest BCUT2D eigenvalue weighted by Crippen LogP contribution is -2.43. The molecule has 0 amide bonds. The van der Waals surface area contributed by atoms with Crippen molar-refractivity contribution in [3.63, 3.8) is 0 Å². The number of carbonyl (C=O) groups is 1. The van der Waals surface area contributed by atoms with Crippen molar-refractivity contribution >= 4 is 29.2 Å². The van der Waals surface area contributed by atoms with E-state index in [0.29, 0.717) is 36.0 Å². The minimum atomic E-state index is -0.651. The second-order valence-electron chi connectivity index (χ2n) is 8.77. The van der Waals surface area contributed by atoms with Gasteiger partial charge >= 0.3 is 5.97 Å². The number of nitrogens with zero attached hydrogens (tertiary/aromatic N) is 3. The average Bonchev–Trinajstić information content (AvgIpc) is 2.83. The summed E-state index contributed by atoms with van der Waals surface area (Å²) in [5.41, 5.74) is 2.37. The Morgan fingerprint density at radius 3 is 2.69 bits per heavy atom. The largest absolute Gasteiger partial charge is 0.481 e. The third-order valence-corrected chi connectivity index (χ3v) is 8.27. The first-order valence-corrected chi connectivity index (χ1v) is 11.1. The van der Waals surface area contributed by atoms with E-state index >= 15 is 0 Å². The smallest absolute Gasteiger partial charge is 0.303 e. The summed E-state index contributed by atoms with van der Waals surface area (Å²) in [6.45, 7) is 7.51. The molecule has 2 bridgehead atoms. The molecule has 2 fully saturated rings. The molecule has 1 aromatic heterocycles. The molecule has 1 aromatic carbocycles. The van der Waals surface area contributed by atoms with Crippen LogP contribution in [0.2, 0.25) is 0 Å². The van der Waals surface area contributed by atoms with E-state index in [9.17, 15) is 9.90 Å². The van der Waals surface area contributed by atoms with E-state index in [1.54, 1.807) is 24.2 Å². The monoisotopic (exact) mass is 412 g/mol. The van der Waals surface area contributed by atoms with Crippen molar-refractivity contribution in [1.29, 1.82) is 0 Å². The molecule has 0 spiro atoms. The normalized spacial score (nSPS) is 30.3. The Hall–Kier alpha value is -2.12. The van der Waals surface area contributed by atoms with Gasteiger partial charge in [-0.1, -0.05) is 31.7 Å². The van der Waals surface area contributed by atoms with Crippen molar-refractivity contribution in [2.24, 2.45) is 29.6 Å². The van der Waals surface area contributed by atoms with Gasteiger partial charge in [-0.3, -0.25) is 9.69 Å². The van der Waals surface area contributed by atoms with Crippen molar-refractivity contribution < 1.29 is 11.3 Å². The molecule has 2 aliphatic heterocycles. The van der Waals surface area contributed by atoms with Crippen LogP contribution in [0.1, 0.15) is 27.3 Å². The maximum Gasteiger partial charge on any atom is 0.303 e. The minimum Gasteiger partial charge on any atom is -0.481 e. The van der Waals surface area contributed by atoms with Crippen LogP contribution >= 0.6 is 11.8 Å². The molecule has 0 radical (unpaired) electrons. The van der Waals surface area contributed by atoms with Crippen LogP contribution in [0.5, 0.6) is 0 Å². The summed E-state index contributed by atoms with van der Waals surface area (Å²) in [7, 11) is 0. The Kier molecular flexibility index (Phi) is 4.75. The molecule has 4 unspecified atom stereocenters. The van der Waals surface area contributed by atoms with Crippen molar-refractivity contribution in [2.45, 2.75) is 36.7 Å². The summed E-state index contributed by atoms with van der Waals surface area (Å²) in [5.74, 6) is 2.63. The average molecular weight is 413 g/mol. The number of carboxylic acids is 1. The zero-order chi connectivity index (χ0) is 20.1. The van der Waals surface area contributed by atoms with E-state index in [4.69, 9.17) is 0 Å². The summed E-state index contributed by atoms with van der Waals surface area (Å²) in [4.78, 5) is 23.8. The molecule has 1 aliphatic carbocycles. The molecular weight excluding hydrogens is 384 g/mol. The van der Waals surface area contributed by atoms with E-state index in [-0.39, 0.29) is 1.43 Å². The van der Waals surface area contributed by atoms with Gasteiger partial charge in [0.05, 0.1) is 5.69 Å². The first-order valence-electron chi connectivity index (χ1n) is 10.3. The number of anilines is 2. The van der Waals surface area contributed by atoms with Crippen molar-refractivity contribution in [3.8, 4) is 0 Å². The molecule has 5 rings (SSSR count). The fraction of sp³-hybridized carbons (Fsp3) is 0.500. The number of piperidine rings is 1. The Balaban J connectivity index is 0.00000218. The molecule has 4 atom stereocenters. The van der Waals surface area contributed by atoms with Crippen LogP contribution in [0.4, 0.5) is 11.5 Å². The van der Waals surface area contributed by atoms with Crippen LogP contribution in [0.25, 0.3) is 0 Å². The van der Waals surface area contributed by atoms with E-state index in [1.807, 2.05) is 0 Å². The van der Waals surface area contributed by atoms with Crippen LogP contribution in [0.3, 0.4) is 0 Å². The van der Waals surface area contributed by atoms with E-state index in [2.05, 4.69) is 52.2 Å². The maximum atomic E-state index is 11.4. The fourth-order valence-corrected chi connectivity index (χ4v) is 6.50. The van der Waals surface area contributed by atoms with Crippen LogP contribution < -0.4 is 5.32 Å². The molecule has 6 nitrogen and oxygen atoms in total. The van der Waals surface area contributed by atoms with Gasteiger partial charge in [0.25, 0.3) is 0 Å². The molecule has 2 aromatic rings. The molecule has 29 heavy (non-hydrogen) atoms. The van der Waals surface area contributed by atoms with Gasteiger partial charge in [0, 0.05) is 44.8 Å². The van der Waals surface area contributed by atoms with Gasteiger partial charge < -0.3 is 10.4 Å². The Morgan fingerprint density at radius 1 is 1.24 bits per heavy atom. The Labute approximate surface area is 176 Å². The SMILES string of the molecule is CC1C(C)C2CN(Cc3ccc4c(c3)Nc3nccnc3S4)CC1C2CC(=O)O.[HH]. The predicted octanol–water partition coefficient (Wildman–Crippen LogP) is 4.36. The Morgan fingerprint density at radius 2 is 1.97 bits per heavy atom. The van der Waals surface area contributed by atoms with Gasteiger partial charge in [-0.15, -0.1) is 0 Å². The molecule has 7 heteroatoms. The summed E-state index contributed by atoms with van der Waals surface area (Å²) >= 11 is 1.65. The number of fused-ring (bicyclic) bond motifs is 4. The second-order valence-corrected chi connectivity index (χ2v) is 9.80. The zero-order valence-electron chi connectivity index (χ0n) is 16.7. The number of nitrogens with one attached hydrogen (secondary N) is 1. The number of hydrogen-bond donors (Lipinski definition) is 2. The highest BCUT2D eigenvalue weighted by Gasteiger charge is 2.50. The lowest BCUT2D eigenvalue weighted by Gasteiger charge is -2.38. The van der Waals surface area contributed by atoms with Gasteiger partial charge in [-0.05, 0) is 47.3 Å². The maximum absolute atomic E-state index is 11.4. The number of aromatic nitrogens is 2. The number of carboxylic acid groups (broad SMARTS) is 1. The van der Waals surface area contributed by atoms with Crippen LogP contribution in [-0.2, 0) is 11.3 Å². The summed E-state index contributed by atoms with van der Waals surface area (Å²) in [6.07, 6.45) is 3.75. The lowest BCUT2D eigenvalue weighted by molar-refractivity contribution is -0.139. The molecule has 1 saturated carbocycles. The number of benzene rings is 1. The number of rotatable bonds is 4. The highest BCUT2D eigenvalue weighted by molar-refractivity contribution is 7.99. The minimum absolute atomic E-state index is 0.